The molecule has 0 aromatic carbocycles. The lowest BCUT2D eigenvalue weighted by atomic mass is 9.89. The molecule has 1 N–H and O–H groups in total. The molecule has 1 aliphatic carbocycles. The summed E-state index contributed by atoms with van der Waals surface area (Å²) in [5.74, 6) is -2.34. The molecule has 31 heavy (non-hydrogen) atoms. The van der Waals surface area contributed by atoms with Crippen molar-refractivity contribution in [3.8, 4) is 0 Å². The number of carbonyl (C=O) groups excluding carboxylic acids is 2. The topological polar surface area (TPSA) is 125 Å². The fourth-order valence-electron chi connectivity index (χ4n) is 4.24. The first-order valence-electron chi connectivity index (χ1n) is 10.5. The molecule has 1 unspecified atom stereocenters. The standard InChI is InChI=1S/C21H25N3O7/c1-2-29-20(27)15(9-13-3-4-13)14-10-17-21(30-7-8-31-21)5-6-24(17)19(26)16(14)11-22-18(25)12-23-28/h7-8,10,13,15H,2-6,9,11-12H2,1H3,(H,22,25). The zero-order valence-electron chi connectivity index (χ0n) is 17.3. The van der Waals surface area contributed by atoms with E-state index in [-0.39, 0.29) is 18.7 Å². The summed E-state index contributed by atoms with van der Waals surface area (Å²) >= 11 is 0. The first kappa shape index (κ1) is 21.1. The second-order valence-electron chi connectivity index (χ2n) is 7.98. The van der Waals surface area contributed by atoms with E-state index in [9.17, 15) is 19.3 Å². The van der Waals surface area contributed by atoms with Gasteiger partial charge < -0.3 is 24.1 Å². The Labute approximate surface area is 178 Å². The van der Waals surface area contributed by atoms with Crippen molar-refractivity contribution < 1.29 is 23.8 Å². The van der Waals surface area contributed by atoms with Gasteiger partial charge in [0.25, 0.3) is 11.3 Å². The Morgan fingerprint density at radius 1 is 1.35 bits per heavy atom. The van der Waals surface area contributed by atoms with Crippen molar-refractivity contribution >= 4 is 11.9 Å². The summed E-state index contributed by atoms with van der Waals surface area (Å²) < 4.78 is 18.3. The van der Waals surface area contributed by atoms with Crippen LogP contribution in [-0.4, -0.2) is 29.6 Å². The van der Waals surface area contributed by atoms with Crippen LogP contribution in [0, 0.1) is 10.8 Å². The lowest BCUT2D eigenvalue weighted by Gasteiger charge is -2.25. The number of aromatic nitrogens is 1. The number of amides is 1. The third-order valence-electron chi connectivity index (χ3n) is 5.94. The number of hydrogen-bond acceptors (Lipinski definition) is 8. The molecule has 10 nitrogen and oxygen atoms in total. The highest BCUT2D eigenvalue weighted by Gasteiger charge is 2.47. The number of carbonyl (C=O) groups is 2. The molecule has 1 aromatic rings. The van der Waals surface area contributed by atoms with E-state index >= 15 is 0 Å². The predicted molar refractivity (Wildman–Crippen MR) is 108 cm³/mol. The van der Waals surface area contributed by atoms with E-state index in [4.69, 9.17) is 14.2 Å². The molecule has 1 fully saturated rings. The van der Waals surface area contributed by atoms with Crippen LogP contribution in [0.1, 0.15) is 55.3 Å². The van der Waals surface area contributed by atoms with Crippen LogP contribution >= 0.6 is 0 Å². The van der Waals surface area contributed by atoms with Crippen LogP contribution in [0.15, 0.2) is 28.6 Å². The van der Waals surface area contributed by atoms with Gasteiger partial charge in [-0.3, -0.25) is 14.4 Å². The molecule has 1 aromatic heterocycles. The molecule has 166 valence electrons. The minimum absolute atomic E-state index is 0.115. The summed E-state index contributed by atoms with van der Waals surface area (Å²) in [5.41, 5.74) is 1.01. The van der Waals surface area contributed by atoms with Gasteiger partial charge in [0.1, 0.15) is 18.2 Å². The largest absolute Gasteiger partial charge is 0.466 e. The summed E-state index contributed by atoms with van der Waals surface area (Å²) in [7, 11) is 0. The Kier molecular flexibility index (Phi) is 5.79. The van der Waals surface area contributed by atoms with E-state index in [0.29, 0.717) is 42.1 Å². The Balaban J connectivity index is 1.78. The molecule has 2 aliphatic heterocycles. The first-order chi connectivity index (χ1) is 15.0. The summed E-state index contributed by atoms with van der Waals surface area (Å²) in [6, 6.07) is 1.77. The second-order valence-corrected chi connectivity index (χ2v) is 7.98. The van der Waals surface area contributed by atoms with Gasteiger partial charge in [-0.25, -0.2) is 0 Å². The Hall–Kier alpha value is -3.17. The van der Waals surface area contributed by atoms with Crippen molar-refractivity contribution in [1.29, 1.82) is 0 Å². The second kappa shape index (κ2) is 8.52. The van der Waals surface area contributed by atoms with Gasteiger partial charge in [-0.05, 0) is 30.9 Å². The van der Waals surface area contributed by atoms with Crippen LogP contribution in [0.25, 0.3) is 0 Å². The Morgan fingerprint density at radius 3 is 2.74 bits per heavy atom. The average molecular weight is 431 g/mol. The van der Waals surface area contributed by atoms with Crippen LogP contribution in [0.4, 0.5) is 0 Å². The number of ether oxygens (including phenoxy) is 3. The van der Waals surface area contributed by atoms with Gasteiger partial charge in [-0.15, -0.1) is 0 Å². The number of fused-ring (bicyclic) bond motifs is 2. The van der Waals surface area contributed by atoms with E-state index in [2.05, 4.69) is 10.5 Å². The van der Waals surface area contributed by atoms with Gasteiger partial charge in [0.05, 0.1) is 12.5 Å². The molecule has 3 heterocycles. The smallest absolute Gasteiger partial charge is 0.313 e. The fraction of sp³-hybridized carbons (Fsp3) is 0.571. The molecule has 1 amide bonds. The van der Waals surface area contributed by atoms with Crippen LogP contribution < -0.4 is 10.9 Å². The third kappa shape index (κ3) is 4.06. The Bertz CT molecular complexity index is 972. The maximum absolute atomic E-state index is 13.4. The van der Waals surface area contributed by atoms with Crippen LogP contribution in [0.5, 0.6) is 0 Å². The van der Waals surface area contributed by atoms with Gasteiger partial charge in [0, 0.05) is 25.1 Å². The van der Waals surface area contributed by atoms with Gasteiger partial charge >= 0.3 is 5.97 Å². The fourth-order valence-corrected chi connectivity index (χ4v) is 4.24. The van der Waals surface area contributed by atoms with Crippen molar-refractivity contribution in [2.24, 2.45) is 11.1 Å². The molecule has 0 saturated heterocycles. The molecular formula is C21H25N3O7. The number of rotatable bonds is 9. The number of pyridine rings is 1. The SMILES string of the molecule is CCOC(=O)C(CC1CC1)c1cc2n(c(=O)c1CNC(=O)CN=O)CCC21OC=CO1. The van der Waals surface area contributed by atoms with Crippen molar-refractivity contribution in [1.82, 2.24) is 9.88 Å². The summed E-state index contributed by atoms with van der Waals surface area (Å²) in [5, 5.41) is 5.13. The zero-order chi connectivity index (χ0) is 22.0. The van der Waals surface area contributed by atoms with Gasteiger partial charge in [-0.1, -0.05) is 18.0 Å². The van der Waals surface area contributed by atoms with Crippen molar-refractivity contribution in [2.45, 2.75) is 57.4 Å². The van der Waals surface area contributed by atoms with Crippen molar-refractivity contribution in [2.75, 3.05) is 13.2 Å². The number of esters is 1. The normalized spacial score (nSPS) is 18.7. The quantitative estimate of drug-likeness (QED) is 0.466. The number of nitrogens with one attached hydrogen (secondary N) is 1. The lowest BCUT2D eigenvalue weighted by Crippen LogP contribution is -2.35. The van der Waals surface area contributed by atoms with Crippen LogP contribution in [0.2, 0.25) is 0 Å². The molecule has 0 radical (unpaired) electrons. The molecule has 10 heteroatoms. The average Bonchev–Trinajstić information content (AvgIpc) is 3.32. The first-order valence-corrected chi connectivity index (χ1v) is 10.5. The molecule has 1 spiro atoms. The molecule has 3 aliphatic rings. The summed E-state index contributed by atoms with van der Waals surface area (Å²) in [6.45, 7) is 1.68. The van der Waals surface area contributed by atoms with E-state index in [1.54, 1.807) is 17.6 Å². The number of hydrogen-bond donors (Lipinski definition) is 1. The molecule has 1 atom stereocenters. The molecule has 0 bridgehead atoms. The van der Waals surface area contributed by atoms with E-state index < -0.39 is 30.1 Å². The maximum Gasteiger partial charge on any atom is 0.313 e. The number of nitrogens with zero attached hydrogens (tertiary/aromatic N) is 2. The van der Waals surface area contributed by atoms with Gasteiger partial charge in [0.2, 0.25) is 5.91 Å². The number of nitroso groups, excluding NO2 is 1. The molecule has 4 rings (SSSR count). The summed E-state index contributed by atoms with van der Waals surface area (Å²) in [4.78, 5) is 48.5. The van der Waals surface area contributed by atoms with Gasteiger partial charge in [0.15, 0.2) is 6.54 Å². The van der Waals surface area contributed by atoms with E-state index in [1.807, 2.05) is 0 Å². The minimum atomic E-state index is -1.09. The van der Waals surface area contributed by atoms with Crippen LogP contribution in [-0.2, 0) is 42.7 Å². The third-order valence-corrected chi connectivity index (χ3v) is 5.94. The van der Waals surface area contributed by atoms with Crippen molar-refractivity contribution in [3.05, 3.63) is 50.7 Å². The zero-order valence-corrected chi connectivity index (χ0v) is 17.3. The monoisotopic (exact) mass is 431 g/mol. The Morgan fingerprint density at radius 2 is 2.10 bits per heavy atom. The van der Waals surface area contributed by atoms with Crippen molar-refractivity contribution in [3.63, 3.8) is 0 Å². The minimum Gasteiger partial charge on any atom is -0.466 e. The van der Waals surface area contributed by atoms with E-state index in [1.165, 1.54) is 12.5 Å². The van der Waals surface area contributed by atoms with Crippen LogP contribution in [0.3, 0.4) is 0 Å². The van der Waals surface area contributed by atoms with E-state index in [0.717, 1.165) is 12.8 Å². The molecular weight excluding hydrogens is 406 g/mol. The maximum atomic E-state index is 13.4. The highest BCUT2D eigenvalue weighted by Crippen LogP contribution is 2.43. The molecule has 1 saturated carbocycles. The highest BCUT2D eigenvalue weighted by atomic mass is 16.7. The lowest BCUT2D eigenvalue weighted by molar-refractivity contribution is -0.148. The predicted octanol–water partition coefficient (Wildman–Crippen LogP) is 1.75. The summed E-state index contributed by atoms with van der Waals surface area (Å²) in [6.07, 6.45) is 5.92. The highest BCUT2D eigenvalue weighted by molar-refractivity contribution is 5.80. The van der Waals surface area contributed by atoms with Gasteiger partial charge in [-0.2, -0.15) is 4.91 Å².